The van der Waals surface area contributed by atoms with Gasteiger partial charge < -0.3 is 9.73 Å². The highest BCUT2D eigenvalue weighted by Gasteiger charge is 2.16. The molecule has 3 rings (SSSR count). The van der Waals surface area contributed by atoms with Crippen LogP contribution in [0, 0.1) is 0 Å². The predicted molar refractivity (Wildman–Crippen MR) is 84.3 cm³/mol. The molecule has 0 aliphatic carbocycles. The second-order valence-corrected chi connectivity index (χ2v) is 5.00. The van der Waals surface area contributed by atoms with Gasteiger partial charge in [0, 0.05) is 5.56 Å². The number of amides is 1. The maximum Gasteiger partial charge on any atom is 0.289 e. The molecule has 0 aliphatic rings. The van der Waals surface area contributed by atoms with Crippen LogP contribution < -0.4 is 5.32 Å². The minimum atomic E-state index is -0.272. The number of benzene rings is 2. The number of hydrogen-bond donors (Lipinski definition) is 1. The number of aromatic nitrogens is 1. The number of oxazole rings is 1. The smallest absolute Gasteiger partial charge is 0.289 e. The van der Waals surface area contributed by atoms with E-state index < -0.39 is 0 Å². The number of carbonyl (C=O) groups excluding carboxylic acids is 1. The number of nitrogens with one attached hydrogen (secondary N) is 1. The van der Waals surface area contributed by atoms with Crippen molar-refractivity contribution in [2.75, 3.05) is 0 Å². The van der Waals surface area contributed by atoms with Crippen molar-refractivity contribution in [2.45, 2.75) is 13.0 Å². The molecule has 1 amide bonds. The van der Waals surface area contributed by atoms with Crippen LogP contribution in [0.15, 0.2) is 71.3 Å². The van der Waals surface area contributed by atoms with Gasteiger partial charge in [0.05, 0.1) is 12.2 Å². The Hall–Kier alpha value is -2.88. The molecule has 110 valence electrons. The van der Waals surface area contributed by atoms with Crippen molar-refractivity contribution in [1.29, 1.82) is 0 Å². The summed E-state index contributed by atoms with van der Waals surface area (Å²) in [5, 5.41) is 2.90. The second-order valence-electron chi connectivity index (χ2n) is 5.00. The fourth-order valence-corrected chi connectivity index (χ4v) is 2.19. The molecule has 1 aromatic heterocycles. The van der Waals surface area contributed by atoms with Crippen LogP contribution in [0.4, 0.5) is 0 Å². The summed E-state index contributed by atoms with van der Waals surface area (Å²) in [6.45, 7) is 1.93. The van der Waals surface area contributed by atoms with Gasteiger partial charge in [-0.05, 0) is 24.6 Å². The van der Waals surface area contributed by atoms with Gasteiger partial charge in [-0.2, -0.15) is 0 Å². The lowest BCUT2D eigenvalue weighted by Crippen LogP contribution is -2.26. The molecule has 1 unspecified atom stereocenters. The molecule has 2 aromatic carbocycles. The highest BCUT2D eigenvalue weighted by Crippen LogP contribution is 2.19. The first-order valence-corrected chi connectivity index (χ1v) is 7.11. The van der Waals surface area contributed by atoms with Crippen LogP contribution >= 0.6 is 0 Å². The zero-order valence-corrected chi connectivity index (χ0v) is 12.2. The minimum absolute atomic E-state index is 0.0982. The number of rotatable bonds is 4. The average Bonchev–Trinajstić information content (AvgIpc) is 3.06. The van der Waals surface area contributed by atoms with Crippen LogP contribution in [-0.2, 0) is 0 Å². The van der Waals surface area contributed by atoms with Gasteiger partial charge in [0.1, 0.15) is 0 Å². The van der Waals surface area contributed by atoms with Gasteiger partial charge in [-0.15, -0.1) is 0 Å². The summed E-state index contributed by atoms with van der Waals surface area (Å²) in [5.74, 6) is 0.380. The van der Waals surface area contributed by atoms with E-state index in [2.05, 4.69) is 10.3 Å². The first-order valence-electron chi connectivity index (χ1n) is 7.11. The quantitative estimate of drug-likeness (QED) is 0.795. The first kappa shape index (κ1) is 14.1. The topological polar surface area (TPSA) is 55.1 Å². The Morgan fingerprint density at radius 3 is 2.36 bits per heavy atom. The molecule has 0 spiro atoms. The van der Waals surface area contributed by atoms with Crippen LogP contribution in [0.2, 0.25) is 0 Å². The summed E-state index contributed by atoms with van der Waals surface area (Å²) < 4.78 is 5.55. The molecule has 0 aliphatic heterocycles. The van der Waals surface area contributed by atoms with E-state index >= 15 is 0 Å². The Morgan fingerprint density at radius 1 is 1.05 bits per heavy atom. The van der Waals surface area contributed by atoms with Crippen molar-refractivity contribution in [2.24, 2.45) is 0 Å². The van der Waals surface area contributed by atoms with Crippen LogP contribution in [0.1, 0.15) is 29.1 Å². The largest absolute Gasteiger partial charge is 0.431 e. The molecule has 3 aromatic rings. The third kappa shape index (κ3) is 3.06. The highest BCUT2D eigenvalue weighted by molar-refractivity contribution is 5.91. The molecule has 0 radical (unpaired) electrons. The van der Waals surface area contributed by atoms with Crippen molar-refractivity contribution in [3.05, 3.63) is 78.2 Å². The van der Waals surface area contributed by atoms with Crippen molar-refractivity contribution in [3.63, 3.8) is 0 Å². The van der Waals surface area contributed by atoms with Crippen molar-refractivity contribution in [1.82, 2.24) is 10.3 Å². The molecule has 1 atom stereocenters. The molecule has 0 bridgehead atoms. The summed E-state index contributed by atoms with van der Waals surface area (Å²) in [7, 11) is 0. The lowest BCUT2D eigenvalue weighted by Gasteiger charge is -2.12. The Balaban J connectivity index is 1.72. The van der Waals surface area contributed by atoms with Gasteiger partial charge in [0.15, 0.2) is 0 Å². The van der Waals surface area contributed by atoms with Crippen LogP contribution in [0.25, 0.3) is 11.5 Å². The van der Waals surface area contributed by atoms with Crippen LogP contribution in [0.5, 0.6) is 0 Å². The molecule has 4 heteroatoms. The summed E-state index contributed by atoms with van der Waals surface area (Å²) in [5.41, 5.74) is 1.89. The van der Waals surface area contributed by atoms with Crippen molar-refractivity contribution >= 4 is 5.91 Å². The zero-order chi connectivity index (χ0) is 15.4. The number of nitrogens with zero attached hydrogens (tertiary/aromatic N) is 1. The van der Waals surface area contributed by atoms with E-state index in [1.54, 1.807) is 0 Å². The lowest BCUT2D eigenvalue weighted by molar-refractivity contribution is 0.0912. The molecule has 4 nitrogen and oxygen atoms in total. The molecule has 0 saturated heterocycles. The van der Waals surface area contributed by atoms with Gasteiger partial charge in [0.25, 0.3) is 5.91 Å². The molecular formula is C18H16N2O2. The monoisotopic (exact) mass is 292 g/mol. The van der Waals surface area contributed by atoms with E-state index in [9.17, 15) is 4.79 Å². The lowest BCUT2D eigenvalue weighted by atomic mass is 10.1. The Labute approximate surface area is 128 Å². The van der Waals surface area contributed by atoms with E-state index in [4.69, 9.17) is 4.42 Å². The Bertz CT molecular complexity index is 751. The molecule has 1 heterocycles. The average molecular weight is 292 g/mol. The zero-order valence-electron chi connectivity index (χ0n) is 12.2. The summed E-state index contributed by atoms with van der Waals surface area (Å²) in [6, 6.07) is 19.2. The van der Waals surface area contributed by atoms with E-state index in [1.807, 2.05) is 67.6 Å². The summed E-state index contributed by atoms with van der Waals surface area (Å²) in [6.07, 6.45) is 1.45. The van der Waals surface area contributed by atoms with Gasteiger partial charge in [-0.25, -0.2) is 4.98 Å². The first-order chi connectivity index (χ1) is 10.7. The van der Waals surface area contributed by atoms with E-state index in [0.29, 0.717) is 5.89 Å². The van der Waals surface area contributed by atoms with Gasteiger partial charge in [-0.1, -0.05) is 48.5 Å². The standard InChI is InChI=1S/C18H16N2O2/c1-13(14-8-4-2-5-9-14)20-17(21)16-12-19-18(22-16)15-10-6-3-7-11-15/h2-13H,1H3,(H,20,21). The van der Waals surface area contributed by atoms with Crippen LogP contribution in [0.3, 0.4) is 0 Å². The second kappa shape index (κ2) is 6.26. The van der Waals surface area contributed by atoms with Crippen molar-refractivity contribution in [3.8, 4) is 11.5 Å². The minimum Gasteiger partial charge on any atom is -0.431 e. The fraction of sp³-hybridized carbons (Fsp3) is 0.111. The third-order valence-electron chi connectivity index (χ3n) is 3.40. The normalized spacial score (nSPS) is 11.9. The Kier molecular flexibility index (Phi) is 4.01. The van der Waals surface area contributed by atoms with E-state index in [-0.39, 0.29) is 17.7 Å². The van der Waals surface area contributed by atoms with E-state index in [1.165, 1.54) is 6.20 Å². The summed E-state index contributed by atoms with van der Waals surface area (Å²) in [4.78, 5) is 16.4. The van der Waals surface area contributed by atoms with Crippen molar-refractivity contribution < 1.29 is 9.21 Å². The number of carbonyl (C=O) groups is 1. The highest BCUT2D eigenvalue weighted by atomic mass is 16.4. The molecule has 22 heavy (non-hydrogen) atoms. The van der Waals surface area contributed by atoms with Gasteiger partial charge in [0.2, 0.25) is 11.7 Å². The molecule has 0 fully saturated rings. The van der Waals surface area contributed by atoms with Crippen LogP contribution in [-0.4, -0.2) is 10.9 Å². The van der Waals surface area contributed by atoms with Gasteiger partial charge in [-0.3, -0.25) is 4.79 Å². The Morgan fingerprint density at radius 2 is 1.68 bits per heavy atom. The fourth-order valence-electron chi connectivity index (χ4n) is 2.19. The maximum atomic E-state index is 12.2. The molecular weight excluding hydrogens is 276 g/mol. The molecule has 1 N–H and O–H groups in total. The third-order valence-corrected chi connectivity index (χ3v) is 3.40. The molecule has 0 saturated carbocycles. The maximum absolute atomic E-state index is 12.2. The SMILES string of the molecule is CC(NC(=O)c1cnc(-c2ccccc2)o1)c1ccccc1. The van der Waals surface area contributed by atoms with E-state index in [0.717, 1.165) is 11.1 Å². The number of hydrogen-bond acceptors (Lipinski definition) is 3. The van der Waals surface area contributed by atoms with Gasteiger partial charge >= 0.3 is 0 Å². The predicted octanol–water partition coefficient (Wildman–Crippen LogP) is 3.83. The summed E-state index contributed by atoms with van der Waals surface area (Å²) >= 11 is 0.